The molecule has 0 bridgehead atoms. The lowest BCUT2D eigenvalue weighted by atomic mass is 9.42. The van der Waals surface area contributed by atoms with Gasteiger partial charge in [-0.25, -0.2) is 9.65 Å². The first kappa shape index (κ1) is 17.7. The maximum atomic E-state index is 14.2. The molecule has 1 saturated heterocycles. The Morgan fingerprint density at radius 2 is 2.19 bits per heavy atom. The molecular weight excluding hydrogens is 360 g/mol. The van der Waals surface area contributed by atoms with E-state index in [1.165, 1.54) is 10.9 Å². The Morgan fingerprint density at radius 1 is 1.41 bits per heavy atom. The second-order valence-electron chi connectivity index (χ2n) is 7.07. The fraction of sp³-hybridized carbons (Fsp3) is 0.316. The molecule has 1 fully saturated rings. The average Bonchev–Trinajstić information content (AvgIpc) is 3.22. The number of aliphatic imine (C=N–C) groups is 1. The number of thiophene rings is 1. The number of nitrogens with zero attached hydrogens (tertiary/aromatic N) is 4. The molecule has 0 atom stereocenters. The van der Waals surface area contributed by atoms with Crippen molar-refractivity contribution in [2.45, 2.75) is 31.4 Å². The summed E-state index contributed by atoms with van der Waals surface area (Å²) in [4.78, 5) is 5.67. The van der Waals surface area contributed by atoms with Crippen molar-refractivity contribution in [1.82, 2.24) is 9.78 Å². The topological polar surface area (TPSA) is 80.0 Å². The van der Waals surface area contributed by atoms with Crippen LogP contribution in [0.5, 0.6) is 0 Å². The predicted octanol–water partition coefficient (Wildman–Crippen LogP) is 4.54. The molecule has 1 aromatic carbocycles. The summed E-state index contributed by atoms with van der Waals surface area (Å²) in [5.41, 5.74) is 7.93. The van der Waals surface area contributed by atoms with Crippen molar-refractivity contribution in [1.29, 1.82) is 5.26 Å². The Morgan fingerprint density at radius 3 is 2.93 bits per heavy atom. The molecule has 2 aromatic heterocycles. The van der Waals surface area contributed by atoms with Gasteiger partial charge in [-0.05, 0) is 18.1 Å². The minimum Gasteiger partial charge on any atom is -0.390 e. The summed E-state index contributed by atoms with van der Waals surface area (Å²) in [5.74, 6) is 2.46. The predicted molar refractivity (Wildman–Crippen MR) is 110 cm³/mol. The molecule has 3 heterocycles. The molecule has 5 nitrogen and oxygen atoms in total. The Balaban J connectivity index is 1.55. The van der Waals surface area contributed by atoms with Crippen LogP contribution >= 0.6 is 11.3 Å². The number of hydrogen-bond donors (Lipinski definition) is 1. The van der Waals surface area contributed by atoms with Gasteiger partial charge in [0.2, 0.25) is 0 Å². The SMILES string of the molecule is Cn1cc2cc(N=Cc3cc(C4CCB(C#N)CC4)sc3N)cc(F)c2n1. The minimum atomic E-state index is -0.381. The van der Waals surface area contributed by atoms with Gasteiger partial charge in [0, 0.05) is 47.3 Å². The van der Waals surface area contributed by atoms with Crippen LogP contribution in [0, 0.1) is 17.0 Å². The van der Waals surface area contributed by atoms with Gasteiger partial charge in [0.05, 0.1) is 10.7 Å². The molecule has 0 radical (unpaired) electrons. The third-order valence-corrected chi connectivity index (χ3v) is 6.28. The Hall–Kier alpha value is -2.66. The number of fused-ring (bicyclic) bond motifs is 1. The van der Waals surface area contributed by atoms with E-state index in [2.05, 4.69) is 22.1 Å². The standard InChI is InChI=1S/C19H19BFN5S/c1-26-10-14-6-15(8-16(21)18(14)25-26)24-9-13-7-17(27-19(13)23)12-2-4-20(11-22)5-3-12/h6-10,12H,2-5,23H2,1H3. The molecule has 0 amide bonds. The zero-order valence-corrected chi connectivity index (χ0v) is 15.8. The van der Waals surface area contributed by atoms with Crippen LogP contribution in [-0.2, 0) is 7.05 Å². The number of hydrogen-bond acceptors (Lipinski definition) is 5. The van der Waals surface area contributed by atoms with Crippen molar-refractivity contribution in [3.05, 3.63) is 40.7 Å². The largest absolute Gasteiger partial charge is 0.390 e. The monoisotopic (exact) mass is 379 g/mol. The molecule has 0 aliphatic carbocycles. The number of nitrogen functional groups attached to an aromatic ring is 1. The van der Waals surface area contributed by atoms with Gasteiger partial charge in [-0.2, -0.15) is 5.10 Å². The molecule has 8 heteroatoms. The van der Waals surface area contributed by atoms with E-state index < -0.39 is 0 Å². The molecule has 2 N–H and O–H groups in total. The van der Waals surface area contributed by atoms with Gasteiger partial charge in [-0.15, -0.1) is 11.3 Å². The van der Waals surface area contributed by atoms with E-state index in [1.807, 2.05) is 6.07 Å². The number of benzene rings is 1. The van der Waals surface area contributed by atoms with E-state index in [0.717, 1.165) is 41.4 Å². The highest BCUT2D eigenvalue weighted by molar-refractivity contribution is 7.16. The third kappa shape index (κ3) is 3.60. The number of rotatable bonds is 3. The molecule has 1 aliphatic heterocycles. The molecule has 4 rings (SSSR count). The number of anilines is 1. The van der Waals surface area contributed by atoms with Crippen LogP contribution in [0.15, 0.2) is 29.4 Å². The Kier molecular flexibility index (Phi) is 4.71. The van der Waals surface area contributed by atoms with Crippen LogP contribution < -0.4 is 5.73 Å². The van der Waals surface area contributed by atoms with Gasteiger partial charge in [0.25, 0.3) is 6.71 Å². The first-order valence-corrected chi connectivity index (χ1v) is 9.81. The highest BCUT2D eigenvalue weighted by atomic mass is 32.1. The van der Waals surface area contributed by atoms with Crippen LogP contribution in [-0.4, -0.2) is 22.7 Å². The summed E-state index contributed by atoms with van der Waals surface area (Å²) in [7, 11) is 1.76. The number of aromatic nitrogens is 2. The quantitative estimate of drug-likeness (QED) is 0.536. The second kappa shape index (κ2) is 7.16. The molecular formula is C19H19BFN5S. The lowest BCUT2D eigenvalue weighted by molar-refractivity contribution is 0.621. The fourth-order valence-corrected chi connectivity index (χ4v) is 4.74. The highest BCUT2D eigenvalue weighted by Crippen LogP contribution is 2.39. The summed E-state index contributed by atoms with van der Waals surface area (Å²) in [5, 5.41) is 14.6. The summed E-state index contributed by atoms with van der Waals surface area (Å²) in [6.45, 7) is 0.192. The molecule has 1 aliphatic rings. The zero-order chi connectivity index (χ0) is 19.0. The number of aryl methyl sites for hydroxylation is 1. The van der Waals surface area contributed by atoms with Gasteiger partial charge in [-0.1, -0.05) is 25.5 Å². The lowest BCUT2D eigenvalue weighted by Gasteiger charge is -2.21. The summed E-state index contributed by atoms with van der Waals surface area (Å²) < 4.78 is 15.8. The molecule has 27 heavy (non-hydrogen) atoms. The van der Waals surface area contributed by atoms with Crippen molar-refractivity contribution in [2.75, 3.05) is 5.73 Å². The number of nitrogens with two attached hydrogens (primary N) is 1. The van der Waals surface area contributed by atoms with E-state index in [1.54, 1.807) is 35.5 Å². The zero-order valence-electron chi connectivity index (χ0n) is 15.0. The van der Waals surface area contributed by atoms with Crippen molar-refractivity contribution < 1.29 is 4.39 Å². The van der Waals surface area contributed by atoms with E-state index in [4.69, 9.17) is 11.0 Å². The third-order valence-electron chi connectivity index (χ3n) is 5.14. The minimum absolute atomic E-state index is 0.192. The molecule has 3 aromatic rings. The molecule has 136 valence electrons. The smallest absolute Gasteiger partial charge is 0.267 e. The Labute approximate surface area is 161 Å². The molecule has 0 spiro atoms. The first-order valence-electron chi connectivity index (χ1n) is 8.99. The number of nitriles is 1. The fourth-order valence-electron chi connectivity index (χ4n) is 3.66. The van der Waals surface area contributed by atoms with Crippen molar-refractivity contribution in [3.8, 4) is 5.97 Å². The van der Waals surface area contributed by atoms with Crippen molar-refractivity contribution >= 4 is 45.9 Å². The van der Waals surface area contributed by atoms with Crippen LogP contribution in [0.4, 0.5) is 15.1 Å². The summed E-state index contributed by atoms with van der Waals surface area (Å²) >= 11 is 1.59. The maximum absolute atomic E-state index is 14.2. The summed E-state index contributed by atoms with van der Waals surface area (Å²) in [6, 6.07) is 5.28. The molecule has 0 saturated carbocycles. The van der Waals surface area contributed by atoms with Crippen molar-refractivity contribution in [3.63, 3.8) is 0 Å². The average molecular weight is 379 g/mol. The first-order chi connectivity index (χ1) is 13.0. The van der Waals surface area contributed by atoms with Gasteiger partial charge in [0.1, 0.15) is 5.52 Å². The number of halogens is 1. The lowest BCUT2D eigenvalue weighted by Crippen LogP contribution is -2.18. The van der Waals surface area contributed by atoms with Crippen molar-refractivity contribution in [2.24, 2.45) is 12.0 Å². The highest BCUT2D eigenvalue weighted by Gasteiger charge is 2.26. The van der Waals surface area contributed by atoms with Gasteiger partial charge in [-0.3, -0.25) is 9.67 Å². The second-order valence-corrected chi connectivity index (χ2v) is 8.19. The summed E-state index contributed by atoms with van der Waals surface area (Å²) in [6.07, 6.45) is 7.42. The maximum Gasteiger partial charge on any atom is 0.267 e. The molecule has 0 unspecified atom stereocenters. The van der Waals surface area contributed by atoms with Gasteiger partial charge >= 0.3 is 0 Å². The van der Waals surface area contributed by atoms with E-state index in [-0.39, 0.29) is 12.5 Å². The van der Waals surface area contributed by atoms with Gasteiger partial charge < -0.3 is 5.73 Å². The Bertz CT molecular complexity index is 1060. The van der Waals surface area contributed by atoms with E-state index >= 15 is 0 Å². The normalized spacial score (nSPS) is 15.7. The van der Waals surface area contributed by atoms with E-state index in [9.17, 15) is 4.39 Å². The van der Waals surface area contributed by atoms with Gasteiger partial charge in [0.15, 0.2) is 5.82 Å². The van der Waals surface area contributed by atoms with Crippen LogP contribution in [0.1, 0.15) is 29.2 Å². The van der Waals surface area contributed by atoms with Crippen LogP contribution in [0.3, 0.4) is 0 Å². The van der Waals surface area contributed by atoms with Crippen LogP contribution in [0.2, 0.25) is 12.6 Å². The van der Waals surface area contributed by atoms with Crippen LogP contribution in [0.25, 0.3) is 10.9 Å². The van der Waals surface area contributed by atoms with E-state index in [0.29, 0.717) is 17.1 Å².